The third-order valence-corrected chi connectivity index (χ3v) is 5.67. The molecule has 0 spiro atoms. The Morgan fingerprint density at radius 3 is 1.86 bits per heavy atom. The SMILES string of the molecule is C=CCOc1c(CC)n(CCCCCCCCCCCCCCCC)ccc1=O. The zero-order chi connectivity index (χ0) is 21.2. The van der Waals surface area contributed by atoms with E-state index in [9.17, 15) is 4.79 Å². The Kier molecular flexibility index (Phi) is 15.3. The molecule has 1 aromatic rings. The molecule has 0 fully saturated rings. The minimum atomic E-state index is -0.0269. The van der Waals surface area contributed by atoms with Gasteiger partial charge in [0.15, 0.2) is 5.75 Å². The molecule has 0 radical (unpaired) electrons. The van der Waals surface area contributed by atoms with E-state index >= 15 is 0 Å². The Hall–Kier alpha value is -1.51. The molecule has 0 amide bonds. The van der Waals surface area contributed by atoms with Crippen LogP contribution in [0.25, 0.3) is 0 Å². The van der Waals surface area contributed by atoms with Crippen LogP contribution in [-0.2, 0) is 13.0 Å². The van der Waals surface area contributed by atoms with Crippen molar-refractivity contribution in [2.45, 2.75) is 117 Å². The van der Waals surface area contributed by atoms with Crippen LogP contribution in [0.5, 0.6) is 5.75 Å². The van der Waals surface area contributed by atoms with Crippen molar-refractivity contribution in [1.29, 1.82) is 0 Å². The number of nitrogens with zero attached hydrogens (tertiary/aromatic N) is 1. The van der Waals surface area contributed by atoms with Crippen LogP contribution in [0.2, 0.25) is 0 Å². The van der Waals surface area contributed by atoms with Crippen LogP contribution in [0, 0.1) is 0 Å². The van der Waals surface area contributed by atoms with Gasteiger partial charge in [0.05, 0.1) is 5.69 Å². The molecule has 1 rings (SSSR count). The molecule has 166 valence electrons. The van der Waals surface area contributed by atoms with E-state index in [0.29, 0.717) is 12.4 Å². The number of hydrogen-bond donors (Lipinski definition) is 0. The van der Waals surface area contributed by atoms with E-state index in [0.717, 1.165) is 25.1 Å². The lowest BCUT2D eigenvalue weighted by atomic mass is 10.0. The van der Waals surface area contributed by atoms with Crippen LogP contribution >= 0.6 is 0 Å². The second-order valence-electron chi connectivity index (χ2n) is 8.20. The number of unbranched alkanes of at least 4 members (excludes halogenated alkanes) is 13. The summed E-state index contributed by atoms with van der Waals surface area (Å²) in [6.45, 7) is 9.37. The highest BCUT2D eigenvalue weighted by atomic mass is 16.5. The van der Waals surface area contributed by atoms with E-state index in [4.69, 9.17) is 4.74 Å². The fraction of sp³-hybridized carbons (Fsp3) is 0.731. The molecule has 0 aliphatic rings. The summed E-state index contributed by atoms with van der Waals surface area (Å²) in [5.41, 5.74) is 0.981. The van der Waals surface area contributed by atoms with Gasteiger partial charge in [0.2, 0.25) is 5.43 Å². The molecule has 0 saturated heterocycles. The summed E-state index contributed by atoms with van der Waals surface area (Å²) in [4.78, 5) is 12.1. The zero-order valence-electron chi connectivity index (χ0n) is 19.2. The summed E-state index contributed by atoms with van der Waals surface area (Å²) in [6, 6.07) is 1.63. The van der Waals surface area contributed by atoms with Crippen molar-refractivity contribution in [3.05, 3.63) is 40.8 Å². The molecule has 1 heterocycles. The molecule has 0 N–H and O–H groups in total. The van der Waals surface area contributed by atoms with E-state index in [1.165, 1.54) is 83.5 Å². The van der Waals surface area contributed by atoms with Crippen molar-refractivity contribution in [3.8, 4) is 5.75 Å². The third-order valence-electron chi connectivity index (χ3n) is 5.67. The summed E-state index contributed by atoms with van der Waals surface area (Å²) >= 11 is 0. The highest BCUT2D eigenvalue weighted by molar-refractivity contribution is 5.28. The fourth-order valence-corrected chi connectivity index (χ4v) is 3.94. The monoisotopic (exact) mass is 403 g/mol. The van der Waals surface area contributed by atoms with Crippen LogP contribution in [0.15, 0.2) is 29.7 Å². The quantitative estimate of drug-likeness (QED) is 0.177. The lowest BCUT2D eigenvalue weighted by Crippen LogP contribution is -2.16. The number of aromatic nitrogens is 1. The fourth-order valence-electron chi connectivity index (χ4n) is 3.94. The first-order valence-corrected chi connectivity index (χ1v) is 12.2. The van der Waals surface area contributed by atoms with Crippen LogP contribution in [0.4, 0.5) is 0 Å². The Balaban J connectivity index is 2.12. The average molecular weight is 404 g/mol. The molecule has 0 aliphatic heterocycles. The maximum Gasteiger partial charge on any atom is 0.223 e. The largest absolute Gasteiger partial charge is 0.484 e. The normalized spacial score (nSPS) is 11.0. The maximum absolute atomic E-state index is 12.1. The highest BCUT2D eigenvalue weighted by Crippen LogP contribution is 2.16. The maximum atomic E-state index is 12.1. The van der Waals surface area contributed by atoms with Gasteiger partial charge in [0.1, 0.15) is 6.61 Å². The third kappa shape index (κ3) is 11.3. The lowest BCUT2D eigenvalue weighted by Gasteiger charge is -2.16. The number of ether oxygens (including phenoxy) is 1. The predicted octanol–water partition coefficient (Wildman–Crippen LogP) is 7.46. The van der Waals surface area contributed by atoms with E-state index in [-0.39, 0.29) is 5.43 Å². The summed E-state index contributed by atoms with van der Waals surface area (Å²) in [6.07, 6.45) is 23.6. The molecular weight excluding hydrogens is 358 g/mol. The van der Waals surface area contributed by atoms with E-state index in [2.05, 4.69) is 25.0 Å². The number of rotatable bonds is 19. The van der Waals surface area contributed by atoms with E-state index in [1.807, 2.05) is 6.20 Å². The zero-order valence-corrected chi connectivity index (χ0v) is 19.2. The summed E-state index contributed by atoms with van der Waals surface area (Å²) in [5.74, 6) is 0.500. The summed E-state index contributed by atoms with van der Waals surface area (Å²) in [5, 5.41) is 0. The van der Waals surface area contributed by atoms with Gasteiger partial charge in [-0.05, 0) is 12.8 Å². The van der Waals surface area contributed by atoms with Crippen molar-refractivity contribution in [1.82, 2.24) is 4.57 Å². The number of aryl methyl sites for hydroxylation is 1. The first kappa shape index (κ1) is 25.5. The van der Waals surface area contributed by atoms with Crippen molar-refractivity contribution in [2.75, 3.05) is 6.61 Å². The van der Waals surface area contributed by atoms with E-state index < -0.39 is 0 Å². The molecule has 0 unspecified atom stereocenters. The molecule has 3 nitrogen and oxygen atoms in total. The summed E-state index contributed by atoms with van der Waals surface area (Å²) < 4.78 is 7.82. The van der Waals surface area contributed by atoms with Gasteiger partial charge in [-0.2, -0.15) is 0 Å². The molecule has 29 heavy (non-hydrogen) atoms. The number of pyridine rings is 1. The number of hydrogen-bond acceptors (Lipinski definition) is 2. The van der Waals surface area contributed by atoms with Gasteiger partial charge in [-0.15, -0.1) is 0 Å². The van der Waals surface area contributed by atoms with Gasteiger partial charge in [0, 0.05) is 18.8 Å². The first-order valence-electron chi connectivity index (χ1n) is 12.2. The molecule has 3 heteroatoms. The van der Waals surface area contributed by atoms with Gasteiger partial charge in [0.25, 0.3) is 0 Å². The predicted molar refractivity (Wildman–Crippen MR) is 126 cm³/mol. The van der Waals surface area contributed by atoms with Crippen LogP contribution < -0.4 is 10.2 Å². The second kappa shape index (κ2) is 17.4. The highest BCUT2D eigenvalue weighted by Gasteiger charge is 2.10. The van der Waals surface area contributed by atoms with E-state index in [1.54, 1.807) is 12.1 Å². The Morgan fingerprint density at radius 1 is 0.862 bits per heavy atom. The van der Waals surface area contributed by atoms with Gasteiger partial charge in [-0.1, -0.05) is 110 Å². The summed E-state index contributed by atoms with van der Waals surface area (Å²) in [7, 11) is 0. The Labute approximate surface area is 179 Å². The lowest BCUT2D eigenvalue weighted by molar-refractivity contribution is 0.349. The molecular formula is C26H45NO2. The molecule has 1 aromatic heterocycles. The minimum absolute atomic E-state index is 0.0269. The first-order chi connectivity index (χ1) is 14.2. The van der Waals surface area contributed by atoms with Gasteiger partial charge in [-0.25, -0.2) is 0 Å². The molecule has 0 bridgehead atoms. The molecule has 0 aliphatic carbocycles. The Bertz CT molecular complexity index is 591. The standard InChI is InChI=1S/C26H45NO2/c1-4-7-8-9-10-11-12-13-14-15-16-17-18-19-21-27-22-20-25(28)26(24(27)6-3)29-23-5-2/h5,20,22H,2,4,6-19,21,23H2,1,3H3. The molecule has 0 saturated carbocycles. The van der Waals surface area contributed by atoms with Crippen molar-refractivity contribution in [2.24, 2.45) is 0 Å². The average Bonchev–Trinajstić information content (AvgIpc) is 2.73. The molecule has 0 aromatic carbocycles. The van der Waals surface area contributed by atoms with Crippen LogP contribution in [0.1, 0.15) is 109 Å². The van der Waals surface area contributed by atoms with Crippen molar-refractivity contribution >= 4 is 0 Å². The minimum Gasteiger partial charge on any atom is -0.484 e. The van der Waals surface area contributed by atoms with Gasteiger partial charge in [-0.3, -0.25) is 4.79 Å². The Morgan fingerprint density at radius 2 is 1.38 bits per heavy atom. The van der Waals surface area contributed by atoms with Crippen LogP contribution in [-0.4, -0.2) is 11.2 Å². The van der Waals surface area contributed by atoms with Gasteiger partial charge < -0.3 is 9.30 Å². The second-order valence-corrected chi connectivity index (χ2v) is 8.20. The molecule has 0 atom stereocenters. The van der Waals surface area contributed by atoms with Gasteiger partial charge >= 0.3 is 0 Å². The van der Waals surface area contributed by atoms with Crippen LogP contribution in [0.3, 0.4) is 0 Å². The smallest absolute Gasteiger partial charge is 0.223 e. The topological polar surface area (TPSA) is 31.2 Å². The van der Waals surface area contributed by atoms with Crippen molar-refractivity contribution < 1.29 is 4.74 Å². The van der Waals surface area contributed by atoms with Crippen molar-refractivity contribution in [3.63, 3.8) is 0 Å².